The molecular formula is C14H17NO4S. The highest BCUT2D eigenvalue weighted by molar-refractivity contribution is 7.14. The van der Waals surface area contributed by atoms with Gasteiger partial charge in [0.2, 0.25) is 0 Å². The molecule has 108 valence electrons. The van der Waals surface area contributed by atoms with Crippen molar-refractivity contribution in [3.8, 4) is 11.8 Å². The molecule has 0 aliphatic rings. The summed E-state index contributed by atoms with van der Waals surface area (Å²) >= 11 is 1.27. The molecule has 0 atom stereocenters. The first-order chi connectivity index (χ1) is 9.62. The highest BCUT2D eigenvalue weighted by Gasteiger charge is 2.19. The van der Waals surface area contributed by atoms with Crippen LogP contribution in [0.4, 0.5) is 0 Å². The summed E-state index contributed by atoms with van der Waals surface area (Å²) in [4.78, 5) is 26.2. The Kier molecular flexibility index (Phi) is 6.77. The molecule has 0 aromatic carbocycles. The highest BCUT2D eigenvalue weighted by atomic mass is 32.1. The average Bonchev–Trinajstić information content (AvgIpc) is 2.92. The Morgan fingerprint density at radius 2 is 2.20 bits per heavy atom. The van der Waals surface area contributed by atoms with Crippen molar-refractivity contribution in [1.82, 2.24) is 4.90 Å². The highest BCUT2D eigenvalue weighted by Crippen LogP contribution is 2.17. The molecule has 1 amide bonds. The topological polar surface area (TPSA) is 66.8 Å². The number of aliphatic hydroxyl groups excluding tert-OH is 1. The van der Waals surface area contributed by atoms with Crippen molar-refractivity contribution in [1.29, 1.82) is 0 Å². The van der Waals surface area contributed by atoms with Crippen LogP contribution < -0.4 is 0 Å². The normalized spacial score (nSPS) is 9.55. The molecule has 0 fully saturated rings. The summed E-state index contributed by atoms with van der Waals surface area (Å²) in [7, 11) is 1.29. The molecule has 0 spiro atoms. The predicted octanol–water partition coefficient (Wildman–Crippen LogP) is 1.12. The lowest BCUT2D eigenvalue weighted by molar-refractivity contribution is -0.141. The lowest BCUT2D eigenvalue weighted by Crippen LogP contribution is -2.35. The van der Waals surface area contributed by atoms with E-state index in [0.717, 1.165) is 4.88 Å². The number of nitrogens with zero attached hydrogens (tertiary/aromatic N) is 1. The van der Waals surface area contributed by atoms with Crippen molar-refractivity contribution in [3.05, 3.63) is 21.9 Å². The Morgan fingerprint density at radius 1 is 1.45 bits per heavy atom. The molecule has 0 unspecified atom stereocenters. The Balaban J connectivity index is 2.76. The second-order valence-corrected chi connectivity index (χ2v) is 4.92. The van der Waals surface area contributed by atoms with Crippen LogP contribution in [0.1, 0.15) is 27.9 Å². The monoisotopic (exact) mass is 295 g/mol. The van der Waals surface area contributed by atoms with Gasteiger partial charge in [0.1, 0.15) is 6.54 Å². The second kappa shape index (κ2) is 8.35. The number of methoxy groups -OCH3 is 1. The van der Waals surface area contributed by atoms with Crippen molar-refractivity contribution in [3.63, 3.8) is 0 Å². The smallest absolute Gasteiger partial charge is 0.325 e. The molecule has 5 nitrogen and oxygen atoms in total. The maximum Gasteiger partial charge on any atom is 0.325 e. The second-order valence-electron chi connectivity index (χ2n) is 3.83. The minimum absolute atomic E-state index is 0.0207. The fraction of sp³-hybridized carbons (Fsp3) is 0.429. The summed E-state index contributed by atoms with van der Waals surface area (Å²) in [5.74, 6) is 5.02. The van der Waals surface area contributed by atoms with Gasteiger partial charge in [-0.1, -0.05) is 11.8 Å². The summed E-state index contributed by atoms with van der Waals surface area (Å²) in [6, 6.07) is 3.45. The molecule has 0 saturated heterocycles. The maximum absolute atomic E-state index is 12.2. The van der Waals surface area contributed by atoms with Crippen LogP contribution in [0.5, 0.6) is 0 Å². The van der Waals surface area contributed by atoms with E-state index in [4.69, 9.17) is 5.11 Å². The first-order valence-electron chi connectivity index (χ1n) is 6.18. The number of aliphatic hydroxyl groups is 1. The fourth-order valence-corrected chi connectivity index (χ4v) is 2.28. The minimum atomic E-state index is -0.445. The maximum atomic E-state index is 12.2. The molecule has 0 radical (unpaired) electrons. The standard InChI is InChI=1S/C14H17NO4S/c1-3-15(10-13(17)19-2)14(18)12-8-7-11(20-12)6-4-5-9-16/h7-8,16H,3,5,9-10H2,1-2H3. The number of rotatable bonds is 5. The minimum Gasteiger partial charge on any atom is -0.468 e. The van der Waals surface area contributed by atoms with Gasteiger partial charge in [-0.15, -0.1) is 11.3 Å². The van der Waals surface area contributed by atoms with Gasteiger partial charge >= 0.3 is 5.97 Å². The number of hydrogen-bond donors (Lipinski definition) is 1. The SMILES string of the molecule is CCN(CC(=O)OC)C(=O)c1ccc(C#CCCO)s1. The van der Waals surface area contributed by atoms with Gasteiger partial charge < -0.3 is 14.7 Å². The van der Waals surface area contributed by atoms with Crippen LogP contribution in [0.2, 0.25) is 0 Å². The molecule has 6 heteroatoms. The van der Waals surface area contributed by atoms with Crippen LogP contribution in [-0.2, 0) is 9.53 Å². The summed E-state index contributed by atoms with van der Waals surface area (Å²) in [6.45, 7) is 2.19. The van der Waals surface area contributed by atoms with Gasteiger partial charge in [0, 0.05) is 13.0 Å². The molecule has 0 bridgehead atoms. The predicted molar refractivity (Wildman–Crippen MR) is 76.5 cm³/mol. The molecule has 1 heterocycles. The third kappa shape index (κ3) is 4.68. The van der Waals surface area contributed by atoms with Gasteiger partial charge in [0.05, 0.1) is 23.5 Å². The number of carbonyl (C=O) groups excluding carboxylic acids is 2. The Hall–Kier alpha value is -1.84. The van der Waals surface area contributed by atoms with Gasteiger partial charge in [-0.25, -0.2) is 0 Å². The summed E-state index contributed by atoms with van der Waals surface area (Å²) < 4.78 is 4.56. The number of likely N-dealkylation sites (N-methyl/N-ethyl adjacent to an activating group) is 1. The van der Waals surface area contributed by atoms with E-state index in [1.165, 1.54) is 23.3 Å². The Morgan fingerprint density at radius 3 is 2.80 bits per heavy atom. The quantitative estimate of drug-likeness (QED) is 0.653. The molecule has 1 N–H and O–H groups in total. The van der Waals surface area contributed by atoms with E-state index >= 15 is 0 Å². The van der Waals surface area contributed by atoms with Gasteiger partial charge in [-0.2, -0.15) is 0 Å². The van der Waals surface area contributed by atoms with Gasteiger partial charge in [-0.05, 0) is 19.1 Å². The number of carbonyl (C=O) groups is 2. The number of ether oxygens (including phenoxy) is 1. The molecule has 0 aliphatic heterocycles. The molecule has 0 aliphatic carbocycles. The van der Waals surface area contributed by atoms with Crippen molar-refractivity contribution < 1.29 is 19.4 Å². The molecule has 1 aromatic rings. The molecule has 0 saturated carbocycles. The zero-order valence-corrected chi connectivity index (χ0v) is 12.3. The van der Waals surface area contributed by atoms with E-state index in [0.29, 0.717) is 17.8 Å². The molecule has 1 aromatic heterocycles. The number of amides is 1. The molecule has 20 heavy (non-hydrogen) atoms. The van der Waals surface area contributed by atoms with Crippen LogP contribution >= 0.6 is 11.3 Å². The van der Waals surface area contributed by atoms with Crippen LogP contribution in [-0.4, -0.2) is 48.7 Å². The van der Waals surface area contributed by atoms with Crippen molar-refractivity contribution in [2.75, 3.05) is 26.8 Å². The summed E-state index contributed by atoms with van der Waals surface area (Å²) in [5.41, 5.74) is 0. The Bertz CT molecular complexity index is 527. The van der Waals surface area contributed by atoms with Crippen LogP contribution in [0.3, 0.4) is 0 Å². The zero-order chi connectivity index (χ0) is 15.0. The van der Waals surface area contributed by atoms with E-state index in [2.05, 4.69) is 16.6 Å². The number of thiophene rings is 1. The van der Waals surface area contributed by atoms with Gasteiger partial charge in [0.15, 0.2) is 0 Å². The van der Waals surface area contributed by atoms with Gasteiger partial charge in [0.25, 0.3) is 5.91 Å². The lowest BCUT2D eigenvalue weighted by Gasteiger charge is -2.18. The third-order valence-electron chi connectivity index (χ3n) is 2.48. The van der Waals surface area contributed by atoms with E-state index in [1.807, 2.05) is 0 Å². The first-order valence-corrected chi connectivity index (χ1v) is 6.99. The van der Waals surface area contributed by atoms with E-state index in [-0.39, 0.29) is 19.1 Å². The van der Waals surface area contributed by atoms with Crippen LogP contribution in [0.25, 0.3) is 0 Å². The van der Waals surface area contributed by atoms with Crippen LogP contribution in [0.15, 0.2) is 12.1 Å². The third-order valence-corrected chi connectivity index (χ3v) is 3.47. The number of hydrogen-bond acceptors (Lipinski definition) is 5. The Labute approximate surface area is 122 Å². The molecule has 1 rings (SSSR count). The molecular weight excluding hydrogens is 278 g/mol. The summed E-state index contributed by atoms with van der Waals surface area (Å²) in [5, 5.41) is 8.65. The first kappa shape index (κ1) is 16.2. The van der Waals surface area contributed by atoms with Crippen molar-refractivity contribution in [2.45, 2.75) is 13.3 Å². The lowest BCUT2D eigenvalue weighted by atomic mass is 10.3. The van der Waals surface area contributed by atoms with E-state index in [1.54, 1.807) is 19.1 Å². The zero-order valence-electron chi connectivity index (χ0n) is 11.5. The van der Waals surface area contributed by atoms with Crippen molar-refractivity contribution in [2.24, 2.45) is 0 Å². The summed E-state index contributed by atoms with van der Waals surface area (Å²) in [6.07, 6.45) is 0.407. The van der Waals surface area contributed by atoms with Crippen LogP contribution in [0, 0.1) is 11.8 Å². The number of esters is 1. The van der Waals surface area contributed by atoms with Crippen molar-refractivity contribution >= 4 is 23.2 Å². The van der Waals surface area contributed by atoms with Gasteiger partial charge in [-0.3, -0.25) is 9.59 Å². The van der Waals surface area contributed by atoms with E-state index < -0.39 is 5.97 Å². The van der Waals surface area contributed by atoms with E-state index in [9.17, 15) is 9.59 Å². The largest absolute Gasteiger partial charge is 0.468 e. The average molecular weight is 295 g/mol. The fourth-order valence-electron chi connectivity index (χ4n) is 1.43.